The third-order valence-electron chi connectivity index (χ3n) is 2.33. The van der Waals surface area contributed by atoms with Gasteiger partial charge in [0.25, 0.3) is 0 Å². The van der Waals surface area contributed by atoms with Gasteiger partial charge in [-0.05, 0) is 6.42 Å². The molecule has 92 valence electrons. The number of nitrogens with zero attached hydrogens (tertiary/aromatic N) is 2. The topological polar surface area (TPSA) is 84.2 Å². The van der Waals surface area contributed by atoms with Crippen LogP contribution >= 0.6 is 23.2 Å². The lowest BCUT2D eigenvalue weighted by Gasteiger charge is -2.01. The molecule has 17 heavy (non-hydrogen) atoms. The van der Waals surface area contributed by atoms with Crippen LogP contribution in [0, 0.1) is 5.92 Å². The summed E-state index contributed by atoms with van der Waals surface area (Å²) in [5, 5.41) is 14.9. The number of alkyl halides is 2. The molecule has 6 nitrogen and oxygen atoms in total. The summed E-state index contributed by atoms with van der Waals surface area (Å²) in [5.74, 6) is -1.47. The van der Waals surface area contributed by atoms with Crippen molar-refractivity contribution in [1.29, 1.82) is 0 Å². The average Bonchev–Trinajstić information content (AvgIpc) is 2.63. The minimum atomic E-state index is -1.01. The molecule has 1 aromatic heterocycles. The van der Waals surface area contributed by atoms with Crippen LogP contribution < -0.4 is 5.32 Å². The molecule has 0 aromatic carbocycles. The van der Waals surface area contributed by atoms with Crippen molar-refractivity contribution in [2.45, 2.75) is 17.3 Å². The second kappa shape index (κ2) is 4.19. The number of anilines is 1. The van der Waals surface area contributed by atoms with Crippen LogP contribution in [0.2, 0.25) is 0 Å². The molecule has 0 aliphatic heterocycles. The summed E-state index contributed by atoms with van der Waals surface area (Å²) in [7, 11) is 0. The van der Waals surface area contributed by atoms with Gasteiger partial charge in [0.15, 0.2) is 5.82 Å². The van der Waals surface area contributed by atoms with Crippen molar-refractivity contribution in [3.63, 3.8) is 0 Å². The van der Waals surface area contributed by atoms with E-state index in [1.54, 1.807) is 0 Å². The van der Waals surface area contributed by atoms with Crippen LogP contribution in [0.1, 0.15) is 6.42 Å². The number of hydrogen-bond acceptors (Lipinski definition) is 3. The summed E-state index contributed by atoms with van der Waals surface area (Å²) in [6.07, 6.45) is 1.88. The summed E-state index contributed by atoms with van der Waals surface area (Å²) in [6, 6.07) is 1.51. The van der Waals surface area contributed by atoms with E-state index in [-0.39, 0.29) is 18.3 Å². The largest absolute Gasteiger partial charge is 0.480 e. The van der Waals surface area contributed by atoms with Crippen LogP contribution in [0.4, 0.5) is 5.82 Å². The number of hydrogen-bond donors (Lipinski definition) is 2. The van der Waals surface area contributed by atoms with E-state index in [0.29, 0.717) is 6.42 Å². The van der Waals surface area contributed by atoms with Gasteiger partial charge in [-0.3, -0.25) is 14.3 Å². The lowest BCUT2D eigenvalue weighted by Crippen LogP contribution is -2.17. The fraction of sp³-hybridized carbons (Fsp3) is 0.444. The molecule has 1 aromatic rings. The number of amides is 1. The molecule has 8 heteroatoms. The van der Waals surface area contributed by atoms with Gasteiger partial charge in [0.05, 0.1) is 5.92 Å². The van der Waals surface area contributed by atoms with Crippen molar-refractivity contribution in [2.24, 2.45) is 5.92 Å². The van der Waals surface area contributed by atoms with Crippen LogP contribution in [-0.2, 0) is 16.1 Å². The summed E-state index contributed by atoms with van der Waals surface area (Å²) < 4.78 is 0.229. The van der Waals surface area contributed by atoms with E-state index in [1.807, 2.05) is 0 Å². The second-order valence-corrected chi connectivity index (χ2v) is 5.34. The monoisotopic (exact) mass is 277 g/mol. The molecule has 1 aliphatic rings. The zero-order valence-corrected chi connectivity index (χ0v) is 10.1. The van der Waals surface area contributed by atoms with Crippen molar-refractivity contribution in [2.75, 3.05) is 5.32 Å². The normalized spacial score (nSPS) is 20.9. The Bertz CT molecular complexity index is 472. The molecular weight excluding hydrogens is 269 g/mol. The van der Waals surface area contributed by atoms with Crippen LogP contribution in [-0.4, -0.2) is 31.1 Å². The highest BCUT2D eigenvalue weighted by molar-refractivity contribution is 6.52. The maximum atomic E-state index is 11.6. The SMILES string of the molecule is O=C(O)Cn1ccc(NC(=O)C2CC2(Cl)Cl)n1. The molecule has 2 N–H and O–H groups in total. The molecule has 1 fully saturated rings. The van der Waals surface area contributed by atoms with Crippen LogP contribution in [0.15, 0.2) is 12.3 Å². The van der Waals surface area contributed by atoms with Crippen molar-refractivity contribution in [3.8, 4) is 0 Å². The van der Waals surface area contributed by atoms with E-state index < -0.39 is 16.2 Å². The first-order valence-corrected chi connectivity index (χ1v) is 5.58. The van der Waals surface area contributed by atoms with E-state index in [2.05, 4.69) is 10.4 Å². The predicted octanol–water partition coefficient (Wildman–Crippen LogP) is 1.10. The highest BCUT2D eigenvalue weighted by Gasteiger charge is 2.56. The van der Waals surface area contributed by atoms with Gasteiger partial charge < -0.3 is 10.4 Å². The van der Waals surface area contributed by atoms with Gasteiger partial charge >= 0.3 is 5.97 Å². The van der Waals surface area contributed by atoms with E-state index in [4.69, 9.17) is 28.3 Å². The zero-order chi connectivity index (χ0) is 12.6. The fourth-order valence-electron chi connectivity index (χ4n) is 1.37. The zero-order valence-electron chi connectivity index (χ0n) is 8.56. The lowest BCUT2D eigenvalue weighted by atomic mass is 10.4. The maximum Gasteiger partial charge on any atom is 0.325 e. The molecule has 1 saturated carbocycles. The number of aliphatic carboxylic acids is 1. The molecule has 1 atom stereocenters. The van der Waals surface area contributed by atoms with E-state index in [0.717, 1.165) is 0 Å². The molecule has 0 spiro atoms. The molecule has 0 radical (unpaired) electrons. The number of nitrogens with one attached hydrogen (secondary N) is 1. The first-order chi connectivity index (χ1) is 7.88. The standard InChI is InChI=1S/C9H9Cl2N3O3/c10-9(11)3-5(9)8(17)12-6-1-2-14(13-6)4-7(15)16/h1-2,5H,3-4H2,(H,15,16)(H,12,13,17). The first kappa shape index (κ1) is 12.2. The van der Waals surface area contributed by atoms with Gasteiger partial charge in [0.1, 0.15) is 10.9 Å². The van der Waals surface area contributed by atoms with E-state index in [9.17, 15) is 9.59 Å². The molecular formula is C9H9Cl2N3O3. The Morgan fingerprint density at radius 3 is 2.82 bits per heavy atom. The van der Waals surface area contributed by atoms with E-state index >= 15 is 0 Å². The highest BCUT2D eigenvalue weighted by Crippen LogP contribution is 2.53. The molecule has 0 bridgehead atoms. The Labute approximate surface area is 106 Å². The Kier molecular flexibility index (Phi) is 3.01. The third kappa shape index (κ3) is 2.89. The molecule has 1 amide bonds. The van der Waals surface area contributed by atoms with Gasteiger partial charge in [-0.2, -0.15) is 5.10 Å². The van der Waals surface area contributed by atoms with Gasteiger partial charge in [0, 0.05) is 12.3 Å². The van der Waals surface area contributed by atoms with Crippen molar-refractivity contribution in [3.05, 3.63) is 12.3 Å². The number of aromatic nitrogens is 2. The van der Waals surface area contributed by atoms with Gasteiger partial charge in [-0.25, -0.2) is 0 Å². The smallest absolute Gasteiger partial charge is 0.325 e. The molecule has 1 unspecified atom stereocenters. The van der Waals surface area contributed by atoms with Crippen molar-refractivity contribution >= 4 is 40.9 Å². The highest BCUT2D eigenvalue weighted by atomic mass is 35.5. The maximum absolute atomic E-state index is 11.6. The molecule has 1 aliphatic carbocycles. The number of carboxylic acids is 1. The Hall–Kier alpha value is -1.27. The number of rotatable bonds is 4. The number of carboxylic acid groups (broad SMARTS) is 1. The van der Waals surface area contributed by atoms with Crippen LogP contribution in [0.3, 0.4) is 0 Å². The quantitative estimate of drug-likeness (QED) is 0.808. The fourth-order valence-corrected chi connectivity index (χ4v) is 1.87. The van der Waals surface area contributed by atoms with Gasteiger partial charge in [-0.1, -0.05) is 0 Å². The second-order valence-electron chi connectivity index (χ2n) is 3.80. The Morgan fingerprint density at radius 2 is 2.29 bits per heavy atom. The van der Waals surface area contributed by atoms with Crippen LogP contribution in [0.5, 0.6) is 0 Å². The number of carbonyl (C=O) groups excluding carboxylic acids is 1. The number of halogens is 2. The minimum Gasteiger partial charge on any atom is -0.480 e. The number of carbonyl (C=O) groups is 2. The predicted molar refractivity (Wildman–Crippen MR) is 61.0 cm³/mol. The van der Waals surface area contributed by atoms with Gasteiger partial charge in [0.2, 0.25) is 5.91 Å². The van der Waals surface area contributed by atoms with Gasteiger partial charge in [-0.15, -0.1) is 23.2 Å². The van der Waals surface area contributed by atoms with Crippen molar-refractivity contribution in [1.82, 2.24) is 9.78 Å². The van der Waals surface area contributed by atoms with E-state index in [1.165, 1.54) is 16.9 Å². The summed E-state index contributed by atoms with van der Waals surface area (Å²) >= 11 is 11.5. The third-order valence-corrected chi connectivity index (χ3v) is 3.17. The molecule has 0 saturated heterocycles. The Balaban J connectivity index is 1.93. The average molecular weight is 278 g/mol. The van der Waals surface area contributed by atoms with Crippen LogP contribution in [0.25, 0.3) is 0 Å². The Morgan fingerprint density at radius 1 is 1.65 bits per heavy atom. The molecule has 2 rings (SSSR count). The summed E-state index contributed by atoms with van der Waals surface area (Å²) in [5.41, 5.74) is 0. The summed E-state index contributed by atoms with van der Waals surface area (Å²) in [6.45, 7) is -0.256. The molecule has 1 heterocycles. The first-order valence-electron chi connectivity index (χ1n) is 4.82. The minimum absolute atomic E-state index is 0.256. The summed E-state index contributed by atoms with van der Waals surface area (Å²) in [4.78, 5) is 22.0. The van der Waals surface area contributed by atoms with Crippen molar-refractivity contribution < 1.29 is 14.7 Å². The lowest BCUT2D eigenvalue weighted by molar-refractivity contribution is -0.137.